The largest absolute Gasteiger partial charge is 0.389 e. The molecule has 0 fully saturated rings. The van der Waals surface area contributed by atoms with Crippen molar-refractivity contribution in [1.29, 1.82) is 0 Å². The predicted octanol–water partition coefficient (Wildman–Crippen LogP) is 1.41. The summed E-state index contributed by atoms with van der Waals surface area (Å²) in [5.41, 5.74) is 8.69. The molecule has 2 rings (SSSR count). The normalized spacial score (nSPS) is 10.4. The Labute approximate surface area is 117 Å². The monoisotopic (exact) mass is 275 g/mol. The molecule has 100 valence electrons. The number of nitrogens with one attached hydrogen (secondary N) is 1. The number of hydrogen-bond donors (Lipinski definition) is 2. The Morgan fingerprint density at radius 1 is 1.47 bits per heavy atom. The van der Waals surface area contributed by atoms with Crippen LogP contribution in [0.5, 0.6) is 0 Å². The van der Waals surface area contributed by atoms with Crippen LogP contribution < -0.4 is 11.1 Å². The van der Waals surface area contributed by atoms with Crippen molar-refractivity contribution in [3.05, 3.63) is 41.5 Å². The van der Waals surface area contributed by atoms with Crippen molar-refractivity contribution in [2.45, 2.75) is 13.3 Å². The lowest BCUT2D eigenvalue weighted by Gasteiger charge is -2.09. The van der Waals surface area contributed by atoms with E-state index in [0.717, 1.165) is 35.6 Å². The average Bonchev–Trinajstić information content (AvgIpc) is 2.75. The van der Waals surface area contributed by atoms with E-state index in [1.54, 1.807) is 11.0 Å². The second kappa shape index (κ2) is 5.79. The number of thiocarbonyl (C=S) groups is 1. The summed E-state index contributed by atoms with van der Waals surface area (Å²) >= 11 is 4.99. The van der Waals surface area contributed by atoms with E-state index >= 15 is 0 Å². The molecule has 0 aliphatic rings. The minimum absolute atomic E-state index is 0.432. The number of nitrogens with zero attached hydrogens (tertiary/aromatic N) is 3. The van der Waals surface area contributed by atoms with Crippen LogP contribution in [0.15, 0.2) is 24.5 Å². The summed E-state index contributed by atoms with van der Waals surface area (Å²) in [5, 5.41) is 7.56. The molecule has 6 heteroatoms. The summed E-state index contributed by atoms with van der Waals surface area (Å²) < 4.78 is 1.70. The van der Waals surface area contributed by atoms with Gasteiger partial charge < -0.3 is 11.1 Å². The molecule has 0 radical (unpaired) electrons. The van der Waals surface area contributed by atoms with Gasteiger partial charge in [0.05, 0.1) is 0 Å². The van der Waals surface area contributed by atoms with E-state index in [1.807, 2.05) is 32.2 Å². The molecule has 0 unspecified atom stereocenters. The molecular formula is C13H17N5S. The Morgan fingerprint density at radius 2 is 2.26 bits per heavy atom. The van der Waals surface area contributed by atoms with Crippen molar-refractivity contribution in [2.24, 2.45) is 12.8 Å². The maximum atomic E-state index is 5.64. The van der Waals surface area contributed by atoms with E-state index in [1.165, 1.54) is 0 Å². The van der Waals surface area contributed by atoms with Crippen molar-refractivity contribution in [3.63, 3.8) is 0 Å². The first-order valence-corrected chi connectivity index (χ1v) is 6.46. The van der Waals surface area contributed by atoms with Crippen LogP contribution in [-0.4, -0.2) is 26.3 Å². The van der Waals surface area contributed by atoms with Crippen LogP contribution >= 0.6 is 12.2 Å². The van der Waals surface area contributed by atoms with Gasteiger partial charge in [0.1, 0.15) is 11.3 Å². The van der Waals surface area contributed by atoms with Crippen molar-refractivity contribution < 1.29 is 0 Å². The van der Waals surface area contributed by atoms with Gasteiger partial charge in [-0.3, -0.25) is 4.68 Å². The van der Waals surface area contributed by atoms with E-state index in [9.17, 15) is 0 Å². The molecule has 3 N–H and O–H groups in total. The molecule has 1 aromatic carbocycles. The molecule has 0 aliphatic carbocycles. The third-order valence-corrected chi connectivity index (χ3v) is 3.04. The van der Waals surface area contributed by atoms with E-state index in [-0.39, 0.29) is 0 Å². The van der Waals surface area contributed by atoms with E-state index < -0.39 is 0 Å². The first kappa shape index (κ1) is 13.5. The Kier molecular flexibility index (Phi) is 4.11. The summed E-state index contributed by atoms with van der Waals surface area (Å²) in [5.74, 6) is 0.839. The standard InChI is InChI=1S/C13H17N5S/c1-9-7-10(3-4-11(9)13(14)19)15-6-5-12-16-8-18(2)17-12/h3-4,7-8,15H,5-6H2,1-2H3,(H2,14,19). The lowest BCUT2D eigenvalue weighted by molar-refractivity contribution is 0.742. The van der Waals surface area contributed by atoms with Crippen LogP contribution in [0.1, 0.15) is 17.0 Å². The number of rotatable bonds is 5. The van der Waals surface area contributed by atoms with Gasteiger partial charge in [0.25, 0.3) is 0 Å². The molecule has 1 aromatic heterocycles. The van der Waals surface area contributed by atoms with Gasteiger partial charge in [-0.25, -0.2) is 4.98 Å². The zero-order valence-corrected chi connectivity index (χ0v) is 11.9. The Bertz CT molecular complexity index is 590. The van der Waals surface area contributed by atoms with Gasteiger partial charge in [-0.15, -0.1) is 0 Å². The van der Waals surface area contributed by atoms with E-state index in [2.05, 4.69) is 15.4 Å². The Morgan fingerprint density at radius 3 is 2.84 bits per heavy atom. The average molecular weight is 275 g/mol. The van der Waals surface area contributed by atoms with Gasteiger partial charge in [0.2, 0.25) is 0 Å². The molecule has 0 spiro atoms. The molecule has 0 saturated carbocycles. The van der Waals surface area contributed by atoms with Gasteiger partial charge in [0.15, 0.2) is 5.82 Å². The van der Waals surface area contributed by atoms with Gasteiger partial charge in [0, 0.05) is 31.3 Å². The van der Waals surface area contributed by atoms with Crippen molar-refractivity contribution in [1.82, 2.24) is 14.8 Å². The molecule has 0 atom stereocenters. The molecule has 0 aliphatic heterocycles. The van der Waals surface area contributed by atoms with Crippen molar-refractivity contribution >= 4 is 22.9 Å². The lowest BCUT2D eigenvalue weighted by Crippen LogP contribution is -2.12. The molecule has 0 saturated heterocycles. The number of nitrogens with two attached hydrogens (primary N) is 1. The predicted molar refractivity (Wildman–Crippen MR) is 80.3 cm³/mol. The molecule has 2 aromatic rings. The highest BCUT2D eigenvalue weighted by Crippen LogP contribution is 2.15. The summed E-state index contributed by atoms with van der Waals surface area (Å²) in [4.78, 5) is 4.61. The van der Waals surface area contributed by atoms with Crippen molar-refractivity contribution in [2.75, 3.05) is 11.9 Å². The van der Waals surface area contributed by atoms with Crippen LogP contribution in [0.2, 0.25) is 0 Å². The third-order valence-electron chi connectivity index (χ3n) is 2.82. The number of anilines is 1. The molecule has 0 bridgehead atoms. The Hall–Kier alpha value is -1.95. The zero-order chi connectivity index (χ0) is 13.8. The first-order valence-electron chi connectivity index (χ1n) is 6.05. The van der Waals surface area contributed by atoms with Crippen LogP contribution in [-0.2, 0) is 13.5 Å². The molecule has 19 heavy (non-hydrogen) atoms. The van der Waals surface area contributed by atoms with Crippen LogP contribution in [0, 0.1) is 6.92 Å². The van der Waals surface area contributed by atoms with Crippen LogP contribution in [0.25, 0.3) is 0 Å². The fourth-order valence-electron chi connectivity index (χ4n) is 1.87. The molecule has 0 amide bonds. The minimum atomic E-state index is 0.432. The summed E-state index contributed by atoms with van der Waals surface area (Å²) in [6.45, 7) is 2.79. The first-order chi connectivity index (χ1) is 9.06. The quantitative estimate of drug-likeness (QED) is 0.808. The SMILES string of the molecule is Cc1cc(NCCc2ncn(C)n2)ccc1C(N)=S. The van der Waals surface area contributed by atoms with Gasteiger partial charge in [-0.05, 0) is 30.7 Å². The van der Waals surface area contributed by atoms with E-state index in [0.29, 0.717) is 4.99 Å². The van der Waals surface area contributed by atoms with E-state index in [4.69, 9.17) is 18.0 Å². The minimum Gasteiger partial charge on any atom is -0.389 e. The number of hydrogen-bond acceptors (Lipinski definition) is 4. The lowest BCUT2D eigenvalue weighted by atomic mass is 10.1. The van der Waals surface area contributed by atoms with Crippen molar-refractivity contribution in [3.8, 4) is 0 Å². The second-order valence-corrected chi connectivity index (χ2v) is 4.85. The summed E-state index contributed by atoms with van der Waals surface area (Å²) in [7, 11) is 1.86. The maximum Gasteiger partial charge on any atom is 0.152 e. The van der Waals surface area contributed by atoms with Gasteiger partial charge in [-0.2, -0.15) is 5.10 Å². The number of aryl methyl sites for hydroxylation is 2. The maximum absolute atomic E-state index is 5.64. The fraction of sp³-hybridized carbons (Fsp3) is 0.308. The topological polar surface area (TPSA) is 68.8 Å². The second-order valence-electron chi connectivity index (χ2n) is 4.41. The number of benzene rings is 1. The fourth-order valence-corrected chi connectivity index (χ4v) is 2.10. The highest BCUT2D eigenvalue weighted by atomic mass is 32.1. The third kappa shape index (κ3) is 3.51. The highest BCUT2D eigenvalue weighted by molar-refractivity contribution is 7.80. The zero-order valence-electron chi connectivity index (χ0n) is 11.1. The van der Waals surface area contributed by atoms with Crippen LogP contribution in [0.4, 0.5) is 5.69 Å². The van der Waals surface area contributed by atoms with Gasteiger partial charge >= 0.3 is 0 Å². The smallest absolute Gasteiger partial charge is 0.152 e. The highest BCUT2D eigenvalue weighted by Gasteiger charge is 2.03. The van der Waals surface area contributed by atoms with Crippen LogP contribution in [0.3, 0.4) is 0 Å². The molecule has 5 nitrogen and oxygen atoms in total. The summed E-state index contributed by atoms with van der Waals surface area (Å²) in [6, 6.07) is 5.96. The number of aromatic nitrogens is 3. The molecular weight excluding hydrogens is 258 g/mol. The molecule has 1 heterocycles. The Balaban J connectivity index is 1.93. The summed E-state index contributed by atoms with van der Waals surface area (Å²) in [6.07, 6.45) is 2.49. The van der Waals surface area contributed by atoms with Gasteiger partial charge in [-0.1, -0.05) is 12.2 Å².